The van der Waals surface area contributed by atoms with E-state index in [0.29, 0.717) is 24.5 Å². The minimum absolute atomic E-state index is 0.0411. The Hall–Kier alpha value is -2.42. The maximum Gasteiger partial charge on any atom is 0.248 e. The van der Waals surface area contributed by atoms with Crippen LogP contribution in [-0.4, -0.2) is 45.6 Å². The molecule has 32 heavy (non-hydrogen) atoms. The Morgan fingerprint density at radius 1 is 1.31 bits per heavy atom. The zero-order valence-corrected chi connectivity index (χ0v) is 19.6. The summed E-state index contributed by atoms with van der Waals surface area (Å²) in [6.45, 7) is 8.62. The quantitative estimate of drug-likeness (QED) is 0.393. The third-order valence-corrected chi connectivity index (χ3v) is 6.62. The van der Waals surface area contributed by atoms with Gasteiger partial charge in [-0.2, -0.15) is 0 Å². The van der Waals surface area contributed by atoms with Gasteiger partial charge in [-0.25, -0.2) is 5.48 Å². The van der Waals surface area contributed by atoms with E-state index >= 15 is 0 Å². The Morgan fingerprint density at radius 3 is 2.59 bits per heavy atom. The third-order valence-electron chi connectivity index (χ3n) is 6.62. The Kier molecular flexibility index (Phi) is 7.27. The number of unbranched alkanes of at least 4 members (excludes halogenated alkanes) is 1. The van der Waals surface area contributed by atoms with Gasteiger partial charge in [0.15, 0.2) is 5.82 Å². The molecule has 3 amide bonds. The Bertz CT molecular complexity index is 840. The van der Waals surface area contributed by atoms with Gasteiger partial charge in [0.2, 0.25) is 17.7 Å². The third kappa shape index (κ3) is 5.88. The molecule has 1 aliphatic carbocycles. The van der Waals surface area contributed by atoms with E-state index in [4.69, 9.17) is 9.73 Å². The van der Waals surface area contributed by atoms with Crippen molar-refractivity contribution in [3.8, 4) is 0 Å². The summed E-state index contributed by atoms with van der Waals surface area (Å²) in [5, 5.41) is 15.7. The highest BCUT2D eigenvalue weighted by Crippen LogP contribution is 2.55. The number of nitrogens with one attached hydrogen (secondary N) is 2. The summed E-state index contributed by atoms with van der Waals surface area (Å²) in [5.41, 5.74) is 1.48. The largest absolute Gasteiger partial charge is 0.359 e. The van der Waals surface area contributed by atoms with Crippen LogP contribution in [0.4, 0.5) is 5.82 Å². The number of hydroxylamine groups is 1. The van der Waals surface area contributed by atoms with Crippen molar-refractivity contribution >= 4 is 23.5 Å². The van der Waals surface area contributed by atoms with Gasteiger partial charge < -0.3 is 14.7 Å². The van der Waals surface area contributed by atoms with E-state index in [2.05, 4.69) is 17.4 Å². The lowest BCUT2D eigenvalue weighted by atomic mass is 9.93. The fraction of sp³-hybridized carbons (Fsp3) is 0.739. The lowest BCUT2D eigenvalue weighted by Gasteiger charge is -2.26. The van der Waals surface area contributed by atoms with Gasteiger partial charge in [-0.3, -0.25) is 19.6 Å². The molecule has 1 aromatic rings. The smallest absolute Gasteiger partial charge is 0.248 e. The predicted molar refractivity (Wildman–Crippen MR) is 118 cm³/mol. The van der Waals surface area contributed by atoms with Crippen LogP contribution in [0.15, 0.2) is 10.6 Å². The first kappa shape index (κ1) is 24.2. The molecule has 0 unspecified atom stereocenters. The molecule has 0 bridgehead atoms. The van der Waals surface area contributed by atoms with Crippen LogP contribution in [0.1, 0.15) is 84.8 Å². The number of aromatic nitrogens is 1. The van der Waals surface area contributed by atoms with Crippen molar-refractivity contribution < 1.29 is 24.1 Å². The molecule has 2 atom stereocenters. The molecule has 3 rings (SSSR count). The summed E-state index contributed by atoms with van der Waals surface area (Å²) in [6.07, 6.45) is 5.53. The topological polar surface area (TPSA) is 125 Å². The zero-order valence-electron chi connectivity index (χ0n) is 19.6. The predicted octanol–water partition coefficient (Wildman–Crippen LogP) is 3.38. The maximum atomic E-state index is 13.2. The van der Waals surface area contributed by atoms with Crippen molar-refractivity contribution in [2.75, 3.05) is 11.9 Å². The van der Waals surface area contributed by atoms with Gasteiger partial charge in [-0.1, -0.05) is 45.7 Å². The van der Waals surface area contributed by atoms with Crippen LogP contribution < -0.4 is 10.8 Å². The number of amides is 3. The summed E-state index contributed by atoms with van der Waals surface area (Å²) in [5.74, 6) is -0.00503. The molecule has 1 aromatic heterocycles. The molecule has 9 nitrogen and oxygen atoms in total. The number of nitrogens with zero attached hydrogens (tertiary/aromatic N) is 2. The number of hydrogen-bond donors (Lipinski definition) is 3. The summed E-state index contributed by atoms with van der Waals surface area (Å²) in [7, 11) is 0. The van der Waals surface area contributed by atoms with Crippen molar-refractivity contribution in [3.05, 3.63) is 11.8 Å². The fourth-order valence-corrected chi connectivity index (χ4v) is 4.43. The standard InChI is InChI=1S/C23H36N4O5/c1-5-6-7-15(10-19(28)25-31)11-20(29)27-14-23(8-9-23)13-16(27)21(30)24-18-12-17(32-26-18)22(2,3)4/h12,15-16,31H,5-11,13-14H2,1-4H3,(H,25,28)(H,24,26,30)/t15-,16-/m0/s1. The number of hydrogen-bond acceptors (Lipinski definition) is 6. The molecule has 1 spiro atoms. The molecular weight excluding hydrogens is 412 g/mol. The van der Waals surface area contributed by atoms with Crippen molar-refractivity contribution in [1.29, 1.82) is 0 Å². The van der Waals surface area contributed by atoms with Crippen molar-refractivity contribution in [2.45, 2.75) is 90.5 Å². The first-order valence-electron chi connectivity index (χ1n) is 11.6. The molecule has 178 valence electrons. The van der Waals surface area contributed by atoms with Crippen LogP contribution >= 0.6 is 0 Å². The number of carbonyl (C=O) groups is 3. The molecule has 0 aromatic carbocycles. The van der Waals surface area contributed by atoms with Gasteiger partial charge in [-0.15, -0.1) is 0 Å². The van der Waals surface area contributed by atoms with Crippen LogP contribution in [0.5, 0.6) is 0 Å². The minimum Gasteiger partial charge on any atom is -0.359 e. The number of likely N-dealkylation sites (tertiary alicyclic amines) is 1. The highest BCUT2D eigenvalue weighted by Gasteiger charge is 2.55. The summed E-state index contributed by atoms with van der Waals surface area (Å²) in [6, 6.07) is 1.17. The summed E-state index contributed by atoms with van der Waals surface area (Å²) >= 11 is 0. The van der Waals surface area contributed by atoms with E-state index in [1.807, 2.05) is 20.8 Å². The molecule has 3 N–H and O–H groups in total. The van der Waals surface area contributed by atoms with E-state index in [0.717, 1.165) is 32.1 Å². The molecule has 2 fully saturated rings. The van der Waals surface area contributed by atoms with Gasteiger partial charge in [0.05, 0.1) is 0 Å². The van der Waals surface area contributed by atoms with Crippen LogP contribution in [0.3, 0.4) is 0 Å². The van der Waals surface area contributed by atoms with Gasteiger partial charge in [0.25, 0.3) is 0 Å². The average Bonchev–Trinajstić information content (AvgIpc) is 3.12. The SMILES string of the molecule is CCCC[C@@H](CC(=O)NO)CC(=O)N1CC2(CC2)C[C@H]1C(=O)Nc1cc(C(C)(C)C)on1. The van der Waals surface area contributed by atoms with Crippen molar-refractivity contribution in [1.82, 2.24) is 15.5 Å². The van der Waals surface area contributed by atoms with E-state index in [9.17, 15) is 14.4 Å². The zero-order chi connectivity index (χ0) is 23.5. The fourth-order valence-electron chi connectivity index (χ4n) is 4.43. The second-order valence-electron chi connectivity index (χ2n) is 10.5. The van der Waals surface area contributed by atoms with E-state index in [-0.39, 0.29) is 41.4 Å². The molecule has 2 aliphatic rings. The molecule has 1 saturated carbocycles. The second-order valence-corrected chi connectivity index (χ2v) is 10.5. The number of rotatable bonds is 9. The lowest BCUT2D eigenvalue weighted by molar-refractivity contribution is -0.138. The summed E-state index contributed by atoms with van der Waals surface area (Å²) < 4.78 is 5.35. The van der Waals surface area contributed by atoms with Crippen LogP contribution in [0.2, 0.25) is 0 Å². The monoisotopic (exact) mass is 448 g/mol. The normalized spacial score (nSPS) is 20.3. The van der Waals surface area contributed by atoms with Gasteiger partial charge in [0.1, 0.15) is 11.8 Å². The molecule has 2 heterocycles. The van der Waals surface area contributed by atoms with E-state index in [1.54, 1.807) is 16.4 Å². The number of carbonyl (C=O) groups excluding carboxylic acids is 3. The summed E-state index contributed by atoms with van der Waals surface area (Å²) in [4.78, 5) is 39.7. The van der Waals surface area contributed by atoms with Gasteiger partial charge >= 0.3 is 0 Å². The van der Waals surface area contributed by atoms with Gasteiger partial charge in [-0.05, 0) is 37.0 Å². The molecule has 9 heteroatoms. The van der Waals surface area contributed by atoms with Crippen LogP contribution in [0, 0.1) is 11.3 Å². The maximum absolute atomic E-state index is 13.2. The molecular formula is C23H36N4O5. The molecule has 1 aliphatic heterocycles. The minimum atomic E-state index is -0.557. The lowest BCUT2D eigenvalue weighted by Crippen LogP contribution is -2.44. The van der Waals surface area contributed by atoms with E-state index in [1.165, 1.54) is 0 Å². The first-order chi connectivity index (χ1) is 15.1. The number of anilines is 1. The molecule has 0 radical (unpaired) electrons. The van der Waals surface area contributed by atoms with E-state index < -0.39 is 11.9 Å². The Balaban J connectivity index is 1.68. The van der Waals surface area contributed by atoms with Crippen LogP contribution in [-0.2, 0) is 19.8 Å². The second kappa shape index (κ2) is 9.60. The van der Waals surface area contributed by atoms with Gasteiger partial charge in [0, 0.05) is 30.9 Å². The average molecular weight is 449 g/mol. The Morgan fingerprint density at radius 2 is 2.03 bits per heavy atom. The highest BCUT2D eigenvalue weighted by atomic mass is 16.5. The van der Waals surface area contributed by atoms with Crippen LogP contribution in [0.25, 0.3) is 0 Å². The van der Waals surface area contributed by atoms with Crippen molar-refractivity contribution in [3.63, 3.8) is 0 Å². The van der Waals surface area contributed by atoms with Crippen molar-refractivity contribution in [2.24, 2.45) is 11.3 Å². The Labute approximate surface area is 189 Å². The molecule has 1 saturated heterocycles. The first-order valence-corrected chi connectivity index (χ1v) is 11.6. The highest BCUT2D eigenvalue weighted by molar-refractivity contribution is 5.97.